The zero-order valence-electron chi connectivity index (χ0n) is 11.4. The number of rotatable bonds is 2. The number of aromatic nitrogens is 2. The molecule has 0 unspecified atom stereocenters. The maximum atomic E-state index is 13.2. The third-order valence-corrected chi connectivity index (χ3v) is 3.15. The van der Waals surface area contributed by atoms with Gasteiger partial charge in [-0.25, -0.2) is 9.37 Å². The summed E-state index contributed by atoms with van der Waals surface area (Å²) in [6, 6.07) is 14.7. The molecule has 0 aliphatic rings. The van der Waals surface area contributed by atoms with E-state index >= 15 is 0 Å². The SMILES string of the molecule is N#C/C(=C/c1cccc(F)c1)c1nc2ccccc2c(=O)[nH]1. The Morgan fingerprint density at radius 2 is 2.05 bits per heavy atom. The highest BCUT2D eigenvalue weighted by Gasteiger charge is 2.08. The molecule has 0 radical (unpaired) electrons. The van der Waals surface area contributed by atoms with Crippen LogP contribution in [-0.2, 0) is 0 Å². The number of nitrogens with one attached hydrogen (secondary N) is 1. The first-order valence-corrected chi connectivity index (χ1v) is 6.54. The van der Waals surface area contributed by atoms with Gasteiger partial charge in [0.15, 0.2) is 5.82 Å². The maximum absolute atomic E-state index is 13.2. The number of benzene rings is 2. The first-order chi connectivity index (χ1) is 10.7. The quantitative estimate of drug-likeness (QED) is 0.737. The van der Waals surface area contributed by atoms with Gasteiger partial charge in [-0.2, -0.15) is 5.26 Å². The lowest BCUT2D eigenvalue weighted by Gasteiger charge is -2.02. The first-order valence-electron chi connectivity index (χ1n) is 6.54. The van der Waals surface area contributed by atoms with Gasteiger partial charge in [0.25, 0.3) is 5.56 Å². The average Bonchev–Trinajstić information content (AvgIpc) is 2.52. The van der Waals surface area contributed by atoms with Crippen LogP contribution in [0.2, 0.25) is 0 Å². The van der Waals surface area contributed by atoms with Crippen molar-refractivity contribution in [3.63, 3.8) is 0 Å². The minimum Gasteiger partial charge on any atom is -0.305 e. The van der Waals surface area contributed by atoms with Crippen LogP contribution in [0.15, 0.2) is 53.3 Å². The van der Waals surface area contributed by atoms with Gasteiger partial charge in [-0.15, -0.1) is 0 Å². The Morgan fingerprint density at radius 3 is 2.82 bits per heavy atom. The van der Waals surface area contributed by atoms with Crippen molar-refractivity contribution in [1.29, 1.82) is 5.26 Å². The van der Waals surface area contributed by atoms with Crippen molar-refractivity contribution in [2.45, 2.75) is 0 Å². The van der Waals surface area contributed by atoms with Crippen LogP contribution in [0.25, 0.3) is 22.6 Å². The molecule has 1 aromatic heterocycles. The number of para-hydroxylation sites is 1. The lowest BCUT2D eigenvalue weighted by Crippen LogP contribution is -2.11. The molecular formula is C17H10FN3O. The van der Waals surface area contributed by atoms with Gasteiger partial charge in [-0.3, -0.25) is 4.79 Å². The molecule has 106 valence electrons. The van der Waals surface area contributed by atoms with E-state index in [1.807, 2.05) is 6.07 Å². The van der Waals surface area contributed by atoms with E-state index in [0.29, 0.717) is 16.5 Å². The van der Waals surface area contributed by atoms with Gasteiger partial charge in [0.1, 0.15) is 11.9 Å². The van der Waals surface area contributed by atoms with E-state index < -0.39 is 5.82 Å². The Morgan fingerprint density at radius 1 is 1.23 bits per heavy atom. The summed E-state index contributed by atoms with van der Waals surface area (Å²) in [4.78, 5) is 18.9. The van der Waals surface area contributed by atoms with Crippen molar-refractivity contribution in [1.82, 2.24) is 9.97 Å². The third-order valence-electron chi connectivity index (χ3n) is 3.15. The van der Waals surface area contributed by atoms with Crippen LogP contribution < -0.4 is 5.56 Å². The van der Waals surface area contributed by atoms with Gasteiger partial charge >= 0.3 is 0 Å². The van der Waals surface area contributed by atoms with E-state index in [4.69, 9.17) is 0 Å². The second-order valence-electron chi connectivity index (χ2n) is 4.66. The minimum absolute atomic E-state index is 0.161. The van der Waals surface area contributed by atoms with Crippen molar-refractivity contribution in [3.05, 3.63) is 76.1 Å². The standard InChI is InChI=1S/C17H10FN3O/c18-13-5-3-4-11(9-13)8-12(10-19)16-20-15-7-2-1-6-14(15)17(22)21-16/h1-9H,(H,20,21,22)/b12-8-. The number of nitrogens with zero attached hydrogens (tertiary/aromatic N) is 2. The summed E-state index contributed by atoms with van der Waals surface area (Å²) in [7, 11) is 0. The Labute approximate surface area is 125 Å². The van der Waals surface area contributed by atoms with Gasteiger partial charge in [-0.05, 0) is 35.9 Å². The Bertz CT molecular complexity index is 983. The normalized spacial score (nSPS) is 11.4. The fourth-order valence-corrected chi connectivity index (χ4v) is 2.13. The molecule has 0 saturated carbocycles. The lowest BCUT2D eigenvalue weighted by molar-refractivity contribution is 0.627. The molecule has 0 spiro atoms. The summed E-state index contributed by atoms with van der Waals surface area (Å²) in [5.41, 5.74) is 0.864. The van der Waals surface area contributed by atoms with Crippen LogP contribution in [-0.4, -0.2) is 9.97 Å². The van der Waals surface area contributed by atoms with Crippen LogP contribution >= 0.6 is 0 Å². The fourth-order valence-electron chi connectivity index (χ4n) is 2.13. The number of aromatic amines is 1. The van der Waals surface area contributed by atoms with E-state index in [1.165, 1.54) is 18.2 Å². The van der Waals surface area contributed by atoms with Crippen molar-refractivity contribution in [2.24, 2.45) is 0 Å². The number of nitriles is 1. The molecule has 0 aliphatic heterocycles. The zero-order chi connectivity index (χ0) is 15.5. The molecule has 0 amide bonds. The highest BCUT2D eigenvalue weighted by molar-refractivity contribution is 5.89. The lowest BCUT2D eigenvalue weighted by atomic mass is 10.1. The third kappa shape index (κ3) is 2.63. The fraction of sp³-hybridized carbons (Fsp3) is 0. The van der Waals surface area contributed by atoms with Crippen LogP contribution in [0.4, 0.5) is 4.39 Å². The molecule has 2 aromatic carbocycles. The van der Waals surface area contributed by atoms with Gasteiger partial charge < -0.3 is 4.98 Å². The number of hydrogen-bond donors (Lipinski definition) is 1. The van der Waals surface area contributed by atoms with E-state index in [-0.39, 0.29) is 17.0 Å². The topological polar surface area (TPSA) is 69.5 Å². The van der Waals surface area contributed by atoms with Crippen LogP contribution in [0.3, 0.4) is 0 Å². The summed E-state index contributed by atoms with van der Waals surface area (Å²) in [5, 5.41) is 9.75. The maximum Gasteiger partial charge on any atom is 0.259 e. The summed E-state index contributed by atoms with van der Waals surface area (Å²) < 4.78 is 13.2. The highest BCUT2D eigenvalue weighted by Crippen LogP contribution is 2.16. The molecule has 0 bridgehead atoms. The summed E-state index contributed by atoms with van der Waals surface area (Å²) in [6.45, 7) is 0. The molecule has 3 aromatic rings. The molecule has 1 heterocycles. The predicted octanol–water partition coefficient (Wildman–Crippen LogP) is 3.13. The van der Waals surface area contributed by atoms with Gasteiger partial charge in [0, 0.05) is 0 Å². The second kappa shape index (κ2) is 5.62. The Kier molecular flexibility index (Phi) is 3.50. The average molecular weight is 291 g/mol. The molecule has 0 aliphatic carbocycles. The summed E-state index contributed by atoms with van der Waals surface area (Å²) >= 11 is 0. The second-order valence-corrected chi connectivity index (χ2v) is 4.66. The van der Waals surface area contributed by atoms with Gasteiger partial charge in [0.05, 0.1) is 16.5 Å². The zero-order valence-corrected chi connectivity index (χ0v) is 11.4. The monoisotopic (exact) mass is 291 g/mol. The molecule has 5 heteroatoms. The largest absolute Gasteiger partial charge is 0.305 e. The number of halogens is 1. The van der Waals surface area contributed by atoms with Crippen molar-refractivity contribution in [2.75, 3.05) is 0 Å². The van der Waals surface area contributed by atoms with E-state index in [0.717, 1.165) is 0 Å². The predicted molar refractivity (Wildman–Crippen MR) is 82.2 cm³/mol. The number of hydrogen-bond acceptors (Lipinski definition) is 3. The minimum atomic E-state index is -0.397. The van der Waals surface area contributed by atoms with Crippen LogP contribution in [0, 0.1) is 17.1 Å². The molecule has 0 saturated heterocycles. The molecule has 4 nitrogen and oxygen atoms in total. The number of fused-ring (bicyclic) bond motifs is 1. The smallest absolute Gasteiger partial charge is 0.259 e. The van der Waals surface area contributed by atoms with Crippen LogP contribution in [0.1, 0.15) is 11.4 Å². The number of H-pyrrole nitrogens is 1. The van der Waals surface area contributed by atoms with Crippen LogP contribution in [0.5, 0.6) is 0 Å². The number of allylic oxidation sites excluding steroid dienone is 1. The van der Waals surface area contributed by atoms with E-state index in [1.54, 1.807) is 36.4 Å². The van der Waals surface area contributed by atoms with E-state index in [2.05, 4.69) is 9.97 Å². The summed E-state index contributed by atoms with van der Waals surface area (Å²) in [5.74, 6) is -0.235. The van der Waals surface area contributed by atoms with Crippen molar-refractivity contribution >= 4 is 22.6 Å². The summed E-state index contributed by atoms with van der Waals surface area (Å²) in [6.07, 6.45) is 1.48. The van der Waals surface area contributed by atoms with E-state index in [9.17, 15) is 14.4 Å². The van der Waals surface area contributed by atoms with Gasteiger partial charge in [0.2, 0.25) is 0 Å². The highest BCUT2D eigenvalue weighted by atomic mass is 19.1. The van der Waals surface area contributed by atoms with Gasteiger partial charge in [-0.1, -0.05) is 24.3 Å². The Hall–Kier alpha value is -3.26. The molecule has 0 atom stereocenters. The first kappa shape index (κ1) is 13.7. The molecule has 0 fully saturated rings. The molecule has 22 heavy (non-hydrogen) atoms. The van der Waals surface area contributed by atoms with Crippen molar-refractivity contribution in [3.8, 4) is 6.07 Å². The molecule has 1 N–H and O–H groups in total. The molecule has 3 rings (SSSR count). The van der Waals surface area contributed by atoms with Crippen molar-refractivity contribution < 1.29 is 4.39 Å². The molecular weight excluding hydrogens is 281 g/mol. The Balaban J connectivity index is 2.16.